The number of halogens is 1. The van der Waals surface area contributed by atoms with Crippen LogP contribution in [-0.2, 0) is 9.59 Å². The largest absolute Gasteiger partial charge is 0.339 e. The highest BCUT2D eigenvalue weighted by Gasteiger charge is 2.25. The molecule has 166 valence electrons. The van der Waals surface area contributed by atoms with E-state index in [1.54, 1.807) is 11.9 Å². The minimum Gasteiger partial charge on any atom is -0.339 e. The number of amides is 2. The van der Waals surface area contributed by atoms with Crippen molar-refractivity contribution in [3.63, 3.8) is 0 Å². The van der Waals surface area contributed by atoms with Crippen molar-refractivity contribution in [2.45, 2.75) is 19.9 Å². The predicted molar refractivity (Wildman–Crippen MR) is 128 cm³/mol. The van der Waals surface area contributed by atoms with Gasteiger partial charge in [0, 0.05) is 42.4 Å². The zero-order valence-corrected chi connectivity index (χ0v) is 20.1. The minimum absolute atomic E-state index is 0.0714. The molecular weight excluding hydrogens is 456 g/mol. The molecule has 1 aliphatic rings. The second kappa shape index (κ2) is 10.9. The number of carbonyl (C=O) groups is 2. The molecule has 1 saturated heterocycles. The molecule has 0 aromatic heterocycles. The third-order valence-corrected chi connectivity index (χ3v) is 6.27. The molecule has 1 aliphatic heterocycles. The lowest BCUT2D eigenvalue weighted by Crippen LogP contribution is -2.51. The Bertz CT molecular complexity index is 898. The number of benzene rings is 2. The van der Waals surface area contributed by atoms with Gasteiger partial charge in [-0.2, -0.15) is 0 Å². The lowest BCUT2D eigenvalue weighted by Gasteiger charge is -2.38. The topological polar surface area (TPSA) is 55.9 Å². The van der Waals surface area contributed by atoms with Gasteiger partial charge in [-0.3, -0.25) is 19.4 Å². The van der Waals surface area contributed by atoms with Gasteiger partial charge in [-0.1, -0.05) is 46.3 Å². The third-order valence-electron chi connectivity index (χ3n) is 5.78. The van der Waals surface area contributed by atoms with Gasteiger partial charge in [0.25, 0.3) is 0 Å². The SMILES string of the molecule is Cc1cc(Br)ccc1NC(=O)CN(C)CC(=O)N1CCN([C@@H](C)c2ccccc2)CC1. The molecule has 0 unspecified atom stereocenters. The van der Waals surface area contributed by atoms with E-state index in [-0.39, 0.29) is 24.9 Å². The fourth-order valence-corrected chi connectivity index (χ4v) is 4.37. The molecule has 1 heterocycles. The van der Waals surface area contributed by atoms with Gasteiger partial charge in [-0.15, -0.1) is 0 Å². The Morgan fingerprint density at radius 3 is 2.39 bits per heavy atom. The summed E-state index contributed by atoms with van der Waals surface area (Å²) in [4.78, 5) is 31.2. The molecule has 6 nitrogen and oxygen atoms in total. The normalized spacial score (nSPS) is 15.7. The van der Waals surface area contributed by atoms with Crippen LogP contribution in [-0.4, -0.2) is 72.8 Å². The quantitative estimate of drug-likeness (QED) is 0.650. The average molecular weight is 487 g/mol. The van der Waals surface area contributed by atoms with Crippen molar-refractivity contribution in [2.24, 2.45) is 0 Å². The van der Waals surface area contributed by atoms with Crippen LogP contribution in [0.4, 0.5) is 5.69 Å². The molecule has 7 heteroatoms. The number of likely N-dealkylation sites (N-methyl/N-ethyl adjacent to an activating group) is 1. The molecule has 2 aromatic rings. The fraction of sp³-hybridized carbons (Fsp3) is 0.417. The third kappa shape index (κ3) is 6.63. The van der Waals surface area contributed by atoms with Crippen LogP contribution in [0.5, 0.6) is 0 Å². The number of nitrogens with zero attached hydrogens (tertiary/aromatic N) is 3. The Hall–Kier alpha value is -2.22. The standard InChI is InChI=1S/C24H31BrN4O2/c1-18-15-21(25)9-10-22(18)26-23(30)16-27(3)17-24(31)29-13-11-28(12-14-29)19(2)20-7-5-4-6-8-20/h4-10,15,19H,11-14,16-17H2,1-3H3,(H,26,30)/t19-/m0/s1. The molecule has 1 fully saturated rings. The van der Waals surface area contributed by atoms with E-state index in [0.717, 1.165) is 28.8 Å². The van der Waals surface area contributed by atoms with Gasteiger partial charge in [0.1, 0.15) is 0 Å². The van der Waals surface area contributed by atoms with Crippen molar-refractivity contribution < 1.29 is 9.59 Å². The lowest BCUT2D eigenvalue weighted by molar-refractivity contribution is -0.134. The first kappa shape index (κ1) is 23.4. The van der Waals surface area contributed by atoms with E-state index in [0.29, 0.717) is 19.1 Å². The van der Waals surface area contributed by atoms with Crippen LogP contribution in [0, 0.1) is 6.92 Å². The molecule has 1 N–H and O–H groups in total. The van der Waals surface area contributed by atoms with Crippen LogP contribution in [0.25, 0.3) is 0 Å². The molecule has 0 saturated carbocycles. The summed E-state index contributed by atoms with van der Waals surface area (Å²) in [6.07, 6.45) is 0. The molecule has 0 bridgehead atoms. The van der Waals surface area contributed by atoms with E-state index in [9.17, 15) is 9.59 Å². The number of hydrogen-bond donors (Lipinski definition) is 1. The van der Waals surface area contributed by atoms with E-state index < -0.39 is 0 Å². The first-order valence-corrected chi connectivity index (χ1v) is 11.4. The van der Waals surface area contributed by atoms with Crippen molar-refractivity contribution in [1.82, 2.24) is 14.7 Å². The number of piperazine rings is 1. The zero-order valence-electron chi connectivity index (χ0n) is 18.5. The summed E-state index contributed by atoms with van der Waals surface area (Å²) in [5.41, 5.74) is 3.08. The van der Waals surface area contributed by atoms with Crippen LogP contribution in [0.15, 0.2) is 53.0 Å². The maximum absolute atomic E-state index is 12.7. The number of nitrogens with one attached hydrogen (secondary N) is 1. The summed E-state index contributed by atoms with van der Waals surface area (Å²) in [6, 6.07) is 16.5. The van der Waals surface area contributed by atoms with Gasteiger partial charge in [0.05, 0.1) is 13.1 Å². The fourth-order valence-electron chi connectivity index (χ4n) is 3.89. The van der Waals surface area contributed by atoms with Crippen LogP contribution < -0.4 is 5.32 Å². The molecule has 0 aliphatic carbocycles. The van der Waals surface area contributed by atoms with Crippen LogP contribution >= 0.6 is 15.9 Å². The Labute approximate surface area is 193 Å². The summed E-state index contributed by atoms with van der Waals surface area (Å²) in [5.74, 6) is -0.0515. The van der Waals surface area contributed by atoms with Crippen LogP contribution in [0.1, 0.15) is 24.1 Å². The van der Waals surface area contributed by atoms with Crippen LogP contribution in [0.2, 0.25) is 0 Å². The van der Waals surface area contributed by atoms with Gasteiger partial charge in [-0.05, 0) is 50.2 Å². The Morgan fingerprint density at radius 1 is 1.06 bits per heavy atom. The van der Waals surface area contributed by atoms with Gasteiger partial charge in [0.2, 0.25) is 11.8 Å². The van der Waals surface area contributed by atoms with E-state index in [1.807, 2.05) is 36.1 Å². The number of anilines is 1. The Kier molecular flexibility index (Phi) is 8.23. The zero-order chi connectivity index (χ0) is 22.4. The highest BCUT2D eigenvalue weighted by Crippen LogP contribution is 2.22. The van der Waals surface area contributed by atoms with E-state index in [2.05, 4.69) is 57.3 Å². The van der Waals surface area contributed by atoms with Crippen LogP contribution in [0.3, 0.4) is 0 Å². The summed E-state index contributed by atoms with van der Waals surface area (Å²) in [5, 5.41) is 2.92. The first-order valence-electron chi connectivity index (χ1n) is 10.6. The Morgan fingerprint density at radius 2 is 1.74 bits per heavy atom. The van der Waals surface area contributed by atoms with Crippen molar-refractivity contribution in [2.75, 3.05) is 51.6 Å². The van der Waals surface area contributed by atoms with Gasteiger partial charge in [0.15, 0.2) is 0 Å². The minimum atomic E-state index is -0.123. The van der Waals surface area contributed by atoms with Crippen molar-refractivity contribution in [3.05, 3.63) is 64.1 Å². The smallest absolute Gasteiger partial charge is 0.238 e. The number of aryl methyl sites for hydroxylation is 1. The first-order chi connectivity index (χ1) is 14.8. The average Bonchev–Trinajstić information content (AvgIpc) is 2.75. The van der Waals surface area contributed by atoms with Gasteiger partial charge >= 0.3 is 0 Å². The molecular formula is C24H31BrN4O2. The lowest BCUT2D eigenvalue weighted by atomic mass is 10.1. The van der Waals surface area contributed by atoms with Gasteiger partial charge in [-0.25, -0.2) is 0 Å². The number of hydrogen-bond acceptors (Lipinski definition) is 4. The molecule has 2 aromatic carbocycles. The highest BCUT2D eigenvalue weighted by molar-refractivity contribution is 9.10. The maximum atomic E-state index is 12.7. The summed E-state index contributed by atoms with van der Waals surface area (Å²) < 4.78 is 0.976. The monoisotopic (exact) mass is 486 g/mol. The molecule has 3 rings (SSSR count). The van der Waals surface area contributed by atoms with E-state index >= 15 is 0 Å². The Balaban J connectivity index is 1.43. The molecule has 0 spiro atoms. The van der Waals surface area contributed by atoms with E-state index in [1.165, 1.54) is 5.56 Å². The van der Waals surface area contributed by atoms with E-state index in [4.69, 9.17) is 0 Å². The second-order valence-electron chi connectivity index (χ2n) is 8.18. The molecule has 31 heavy (non-hydrogen) atoms. The molecule has 0 radical (unpaired) electrons. The number of rotatable bonds is 7. The molecule has 2 amide bonds. The maximum Gasteiger partial charge on any atom is 0.238 e. The highest BCUT2D eigenvalue weighted by atomic mass is 79.9. The summed E-state index contributed by atoms with van der Waals surface area (Å²) in [6.45, 7) is 7.72. The van der Waals surface area contributed by atoms with Crippen molar-refractivity contribution in [1.29, 1.82) is 0 Å². The van der Waals surface area contributed by atoms with Crippen molar-refractivity contribution >= 4 is 33.4 Å². The number of carbonyl (C=O) groups excluding carboxylic acids is 2. The second-order valence-corrected chi connectivity index (χ2v) is 9.10. The van der Waals surface area contributed by atoms with Gasteiger partial charge < -0.3 is 10.2 Å². The summed E-state index contributed by atoms with van der Waals surface area (Å²) >= 11 is 3.42. The predicted octanol–water partition coefficient (Wildman–Crippen LogP) is 3.53. The summed E-state index contributed by atoms with van der Waals surface area (Å²) in [7, 11) is 1.81. The van der Waals surface area contributed by atoms with Crippen molar-refractivity contribution in [3.8, 4) is 0 Å². The molecule has 1 atom stereocenters.